The summed E-state index contributed by atoms with van der Waals surface area (Å²) in [7, 11) is 0. The summed E-state index contributed by atoms with van der Waals surface area (Å²) >= 11 is 1.53. The van der Waals surface area contributed by atoms with Crippen LogP contribution in [0.1, 0.15) is 12.5 Å². The Labute approximate surface area is 125 Å². The van der Waals surface area contributed by atoms with E-state index in [4.69, 9.17) is 0 Å². The first-order chi connectivity index (χ1) is 10.1. The van der Waals surface area contributed by atoms with Crippen LogP contribution in [-0.4, -0.2) is 21.6 Å². The van der Waals surface area contributed by atoms with Crippen LogP contribution >= 0.6 is 11.3 Å². The molecule has 1 aromatic carbocycles. The lowest BCUT2D eigenvalue weighted by atomic mass is 9.99. The van der Waals surface area contributed by atoms with Crippen molar-refractivity contribution in [3.63, 3.8) is 0 Å². The standard InChI is InChI=1S/C15H14FN3OS/c1-15(20,10-4-5-21-7-10)8-17-14-12-6-11(16)2-3-13(12)18-9-19-14/h2-7,9,20H,8H2,1H3,(H,17,18,19). The summed E-state index contributed by atoms with van der Waals surface area (Å²) in [5, 5.41) is 18.0. The largest absolute Gasteiger partial charge is 0.384 e. The van der Waals surface area contributed by atoms with Crippen molar-refractivity contribution in [2.24, 2.45) is 0 Å². The summed E-state index contributed by atoms with van der Waals surface area (Å²) in [6.45, 7) is 2.00. The molecule has 0 saturated heterocycles. The highest BCUT2D eigenvalue weighted by atomic mass is 32.1. The summed E-state index contributed by atoms with van der Waals surface area (Å²) in [5.41, 5.74) is 0.471. The SMILES string of the molecule is CC(O)(CNc1ncnc2ccc(F)cc12)c1ccsc1. The maximum Gasteiger partial charge on any atom is 0.137 e. The number of aromatic nitrogens is 2. The van der Waals surface area contributed by atoms with E-state index < -0.39 is 5.60 Å². The molecule has 0 aliphatic heterocycles. The zero-order chi connectivity index (χ0) is 14.9. The highest BCUT2D eigenvalue weighted by Gasteiger charge is 2.23. The Balaban J connectivity index is 1.87. The van der Waals surface area contributed by atoms with Crippen molar-refractivity contribution in [2.75, 3.05) is 11.9 Å². The lowest BCUT2D eigenvalue weighted by Crippen LogP contribution is -2.30. The number of anilines is 1. The number of halogens is 1. The maximum absolute atomic E-state index is 13.4. The van der Waals surface area contributed by atoms with Crippen LogP contribution in [-0.2, 0) is 5.60 Å². The Hall–Kier alpha value is -2.05. The van der Waals surface area contributed by atoms with Crippen LogP contribution in [0, 0.1) is 5.82 Å². The Morgan fingerprint density at radius 2 is 2.19 bits per heavy atom. The van der Waals surface area contributed by atoms with Gasteiger partial charge in [0.2, 0.25) is 0 Å². The monoisotopic (exact) mass is 303 g/mol. The van der Waals surface area contributed by atoms with Gasteiger partial charge in [0.1, 0.15) is 23.6 Å². The van der Waals surface area contributed by atoms with Gasteiger partial charge in [0, 0.05) is 11.9 Å². The van der Waals surface area contributed by atoms with Crippen LogP contribution in [0.2, 0.25) is 0 Å². The number of benzene rings is 1. The highest BCUT2D eigenvalue weighted by Crippen LogP contribution is 2.25. The second-order valence-corrected chi connectivity index (χ2v) is 5.80. The molecular weight excluding hydrogens is 289 g/mol. The van der Waals surface area contributed by atoms with Crippen LogP contribution < -0.4 is 5.32 Å². The van der Waals surface area contributed by atoms with E-state index in [1.807, 2.05) is 16.8 Å². The molecule has 6 heteroatoms. The molecule has 0 bridgehead atoms. The van der Waals surface area contributed by atoms with Crippen molar-refractivity contribution < 1.29 is 9.50 Å². The molecule has 2 aromatic heterocycles. The number of fused-ring (bicyclic) bond motifs is 1. The second kappa shape index (κ2) is 5.38. The van der Waals surface area contributed by atoms with Gasteiger partial charge in [-0.3, -0.25) is 0 Å². The zero-order valence-corrected chi connectivity index (χ0v) is 12.2. The lowest BCUT2D eigenvalue weighted by Gasteiger charge is -2.23. The lowest BCUT2D eigenvalue weighted by molar-refractivity contribution is 0.0719. The number of thiophene rings is 1. The van der Waals surface area contributed by atoms with Gasteiger partial charge in [-0.1, -0.05) is 0 Å². The Morgan fingerprint density at radius 3 is 2.95 bits per heavy atom. The van der Waals surface area contributed by atoms with E-state index in [0.29, 0.717) is 16.7 Å². The Kier molecular flexibility index (Phi) is 3.57. The summed E-state index contributed by atoms with van der Waals surface area (Å²) in [6, 6.07) is 6.23. The molecule has 0 aliphatic rings. The van der Waals surface area contributed by atoms with Crippen molar-refractivity contribution in [1.82, 2.24) is 9.97 Å². The fourth-order valence-electron chi connectivity index (χ4n) is 2.10. The van der Waals surface area contributed by atoms with E-state index in [-0.39, 0.29) is 12.4 Å². The summed E-state index contributed by atoms with van der Waals surface area (Å²) < 4.78 is 13.4. The average Bonchev–Trinajstić information content (AvgIpc) is 3.00. The minimum absolute atomic E-state index is 0.270. The molecule has 0 amide bonds. The van der Waals surface area contributed by atoms with Crippen molar-refractivity contribution in [3.8, 4) is 0 Å². The quantitative estimate of drug-likeness (QED) is 0.777. The summed E-state index contributed by atoms with van der Waals surface area (Å²) in [4.78, 5) is 8.23. The fourth-order valence-corrected chi connectivity index (χ4v) is 2.88. The van der Waals surface area contributed by atoms with Gasteiger partial charge < -0.3 is 10.4 Å². The smallest absolute Gasteiger partial charge is 0.137 e. The van der Waals surface area contributed by atoms with E-state index in [1.165, 1.54) is 29.8 Å². The van der Waals surface area contributed by atoms with Gasteiger partial charge in [-0.2, -0.15) is 11.3 Å². The molecule has 1 atom stereocenters. The minimum atomic E-state index is -1.02. The van der Waals surface area contributed by atoms with Crippen molar-refractivity contribution in [1.29, 1.82) is 0 Å². The molecule has 108 valence electrons. The van der Waals surface area contributed by atoms with E-state index >= 15 is 0 Å². The molecule has 0 spiro atoms. The van der Waals surface area contributed by atoms with E-state index in [1.54, 1.807) is 13.0 Å². The molecule has 2 N–H and O–H groups in total. The highest BCUT2D eigenvalue weighted by molar-refractivity contribution is 7.08. The third-order valence-corrected chi connectivity index (χ3v) is 4.02. The minimum Gasteiger partial charge on any atom is -0.384 e. The molecule has 0 radical (unpaired) electrons. The van der Waals surface area contributed by atoms with Crippen LogP contribution in [0.25, 0.3) is 10.9 Å². The predicted octanol–water partition coefficient (Wildman–Crippen LogP) is 3.15. The summed E-state index contributed by atoms with van der Waals surface area (Å²) in [5.74, 6) is 0.167. The number of nitrogens with zero attached hydrogens (tertiary/aromatic N) is 2. The molecule has 21 heavy (non-hydrogen) atoms. The first kappa shape index (κ1) is 13.9. The fraction of sp³-hybridized carbons (Fsp3) is 0.200. The third kappa shape index (κ3) is 2.86. The average molecular weight is 303 g/mol. The molecular formula is C15H14FN3OS. The molecule has 2 heterocycles. The van der Waals surface area contributed by atoms with Gasteiger partial charge in [0.05, 0.1) is 5.52 Å². The van der Waals surface area contributed by atoms with Crippen LogP contribution in [0.4, 0.5) is 10.2 Å². The molecule has 0 fully saturated rings. The van der Waals surface area contributed by atoms with Crippen molar-refractivity contribution >= 4 is 28.1 Å². The van der Waals surface area contributed by atoms with E-state index in [2.05, 4.69) is 15.3 Å². The van der Waals surface area contributed by atoms with Gasteiger partial charge in [0.15, 0.2) is 0 Å². The van der Waals surface area contributed by atoms with E-state index in [9.17, 15) is 9.50 Å². The van der Waals surface area contributed by atoms with Gasteiger partial charge in [-0.25, -0.2) is 14.4 Å². The normalized spacial score (nSPS) is 14.0. The molecule has 3 aromatic rings. The number of aliphatic hydroxyl groups is 1. The zero-order valence-electron chi connectivity index (χ0n) is 11.4. The van der Waals surface area contributed by atoms with Gasteiger partial charge in [0.25, 0.3) is 0 Å². The molecule has 1 unspecified atom stereocenters. The van der Waals surface area contributed by atoms with Crippen LogP contribution in [0.3, 0.4) is 0 Å². The first-order valence-corrected chi connectivity index (χ1v) is 7.40. The second-order valence-electron chi connectivity index (χ2n) is 5.02. The number of rotatable bonds is 4. The predicted molar refractivity (Wildman–Crippen MR) is 81.9 cm³/mol. The molecule has 0 saturated carbocycles. The Morgan fingerprint density at radius 1 is 1.33 bits per heavy atom. The van der Waals surface area contributed by atoms with Crippen molar-refractivity contribution in [3.05, 3.63) is 52.7 Å². The third-order valence-electron chi connectivity index (χ3n) is 3.34. The van der Waals surface area contributed by atoms with Crippen LogP contribution in [0.15, 0.2) is 41.4 Å². The topological polar surface area (TPSA) is 58.0 Å². The van der Waals surface area contributed by atoms with Gasteiger partial charge in [-0.05, 0) is 47.5 Å². The molecule has 3 rings (SSSR count). The maximum atomic E-state index is 13.4. The Bertz CT molecular complexity index is 759. The van der Waals surface area contributed by atoms with Crippen LogP contribution in [0.5, 0.6) is 0 Å². The molecule has 4 nitrogen and oxygen atoms in total. The summed E-state index contributed by atoms with van der Waals surface area (Å²) in [6.07, 6.45) is 1.42. The van der Waals surface area contributed by atoms with Gasteiger partial charge >= 0.3 is 0 Å². The first-order valence-electron chi connectivity index (χ1n) is 6.45. The van der Waals surface area contributed by atoms with Crippen molar-refractivity contribution in [2.45, 2.75) is 12.5 Å². The van der Waals surface area contributed by atoms with E-state index in [0.717, 1.165) is 5.56 Å². The van der Waals surface area contributed by atoms with Gasteiger partial charge in [-0.15, -0.1) is 0 Å². The number of hydrogen-bond donors (Lipinski definition) is 2. The molecule has 0 aliphatic carbocycles. The number of hydrogen-bond acceptors (Lipinski definition) is 5. The number of nitrogens with one attached hydrogen (secondary N) is 1.